The summed E-state index contributed by atoms with van der Waals surface area (Å²) in [6.07, 6.45) is -2.34. The van der Waals surface area contributed by atoms with E-state index in [-0.39, 0.29) is 6.54 Å². The Morgan fingerprint density at radius 2 is 2.19 bits per heavy atom. The SMILES string of the molecule is [N-]=[N+]=NCC(O)C(O)c1ccc(Br)cc1N. The summed E-state index contributed by atoms with van der Waals surface area (Å²) in [5.74, 6) is 0. The van der Waals surface area contributed by atoms with Crippen molar-refractivity contribution >= 4 is 21.6 Å². The van der Waals surface area contributed by atoms with Crippen LogP contribution in [0.1, 0.15) is 11.7 Å². The number of nitrogens with two attached hydrogens (primary N) is 1. The van der Waals surface area contributed by atoms with Crippen molar-refractivity contribution in [3.05, 3.63) is 38.7 Å². The third kappa shape index (κ3) is 3.11. The third-order valence-electron chi connectivity index (χ3n) is 2.06. The molecular weight excluding hydrogens is 276 g/mol. The summed E-state index contributed by atoms with van der Waals surface area (Å²) >= 11 is 3.23. The molecule has 0 bridgehead atoms. The Balaban J connectivity index is 2.86. The average Bonchev–Trinajstić information content (AvgIpc) is 2.25. The molecule has 6 nitrogen and oxygen atoms in total. The number of hydrogen-bond acceptors (Lipinski definition) is 4. The minimum Gasteiger partial charge on any atom is -0.398 e. The lowest BCUT2D eigenvalue weighted by molar-refractivity contribution is 0.0248. The predicted molar refractivity (Wildman–Crippen MR) is 63.5 cm³/mol. The smallest absolute Gasteiger partial charge is 0.107 e. The van der Waals surface area contributed by atoms with Crippen LogP contribution in [-0.2, 0) is 0 Å². The van der Waals surface area contributed by atoms with E-state index in [0.717, 1.165) is 4.47 Å². The monoisotopic (exact) mass is 286 g/mol. The normalized spacial score (nSPS) is 13.9. The molecule has 0 fully saturated rings. The molecule has 2 atom stereocenters. The second-order valence-corrected chi connectivity index (χ2v) is 4.11. The molecule has 0 saturated heterocycles. The largest absolute Gasteiger partial charge is 0.398 e. The molecule has 2 unspecified atom stereocenters. The van der Waals surface area contributed by atoms with Gasteiger partial charge in [0.25, 0.3) is 0 Å². The molecule has 0 aromatic heterocycles. The lowest BCUT2D eigenvalue weighted by Crippen LogP contribution is -2.22. The zero-order chi connectivity index (χ0) is 12.1. The second kappa shape index (κ2) is 5.72. The highest BCUT2D eigenvalue weighted by atomic mass is 79.9. The highest BCUT2D eigenvalue weighted by Gasteiger charge is 2.19. The molecule has 0 aliphatic heterocycles. The van der Waals surface area contributed by atoms with Gasteiger partial charge in [0.1, 0.15) is 6.10 Å². The maximum Gasteiger partial charge on any atom is 0.107 e. The zero-order valence-electron chi connectivity index (χ0n) is 8.29. The van der Waals surface area contributed by atoms with E-state index >= 15 is 0 Å². The first-order valence-electron chi connectivity index (χ1n) is 4.48. The number of benzene rings is 1. The Labute approximate surface area is 100 Å². The predicted octanol–water partition coefficient (Wildman–Crippen LogP) is 1.74. The molecule has 7 heteroatoms. The molecule has 0 aliphatic rings. The van der Waals surface area contributed by atoms with E-state index in [1.54, 1.807) is 18.2 Å². The van der Waals surface area contributed by atoms with Crippen molar-refractivity contribution in [1.82, 2.24) is 0 Å². The average molecular weight is 287 g/mol. The number of aliphatic hydroxyl groups is 2. The minimum atomic E-state index is -1.17. The molecule has 1 rings (SSSR count). The van der Waals surface area contributed by atoms with Crippen molar-refractivity contribution in [2.24, 2.45) is 5.11 Å². The van der Waals surface area contributed by atoms with Gasteiger partial charge in [0.15, 0.2) is 0 Å². The van der Waals surface area contributed by atoms with E-state index in [1.165, 1.54) is 0 Å². The van der Waals surface area contributed by atoms with Gasteiger partial charge >= 0.3 is 0 Å². The first kappa shape index (κ1) is 12.8. The summed E-state index contributed by atoms with van der Waals surface area (Å²) in [4.78, 5) is 2.50. The van der Waals surface area contributed by atoms with Crippen LogP contribution in [0.5, 0.6) is 0 Å². The molecule has 4 N–H and O–H groups in total. The zero-order valence-corrected chi connectivity index (χ0v) is 9.87. The molecule has 0 aliphatic carbocycles. The van der Waals surface area contributed by atoms with Crippen LogP contribution in [0.15, 0.2) is 27.8 Å². The molecule has 0 amide bonds. The van der Waals surface area contributed by atoms with E-state index in [0.29, 0.717) is 11.3 Å². The molecule has 0 heterocycles. The van der Waals surface area contributed by atoms with Gasteiger partial charge < -0.3 is 15.9 Å². The van der Waals surface area contributed by atoms with Crippen LogP contribution < -0.4 is 5.73 Å². The van der Waals surface area contributed by atoms with E-state index in [9.17, 15) is 10.2 Å². The van der Waals surface area contributed by atoms with E-state index in [1.807, 2.05) is 0 Å². The third-order valence-corrected chi connectivity index (χ3v) is 2.56. The number of halogens is 1. The van der Waals surface area contributed by atoms with Gasteiger partial charge in [-0.05, 0) is 17.7 Å². The minimum absolute atomic E-state index is 0.201. The molecule has 1 aromatic carbocycles. The number of anilines is 1. The van der Waals surface area contributed by atoms with Gasteiger partial charge in [-0.3, -0.25) is 0 Å². The van der Waals surface area contributed by atoms with Gasteiger partial charge in [-0.1, -0.05) is 27.1 Å². The van der Waals surface area contributed by atoms with Crippen molar-refractivity contribution in [3.8, 4) is 0 Å². The first-order valence-corrected chi connectivity index (χ1v) is 5.27. The number of rotatable bonds is 4. The maximum absolute atomic E-state index is 9.76. The maximum atomic E-state index is 9.76. The van der Waals surface area contributed by atoms with Crippen molar-refractivity contribution in [1.29, 1.82) is 0 Å². The van der Waals surface area contributed by atoms with E-state index < -0.39 is 12.2 Å². The Hall–Kier alpha value is -1.27. The molecule has 86 valence electrons. The highest BCUT2D eigenvalue weighted by molar-refractivity contribution is 9.10. The fourth-order valence-electron chi connectivity index (χ4n) is 1.24. The Kier molecular flexibility index (Phi) is 4.57. The van der Waals surface area contributed by atoms with Crippen molar-refractivity contribution < 1.29 is 10.2 Å². The molecule has 0 saturated carbocycles. The Morgan fingerprint density at radius 1 is 1.50 bits per heavy atom. The van der Waals surface area contributed by atoms with Gasteiger partial charge in [0, 0.05) is 20.6 Å². The quantitative estimate of drug-likeness (QED) is 0.339. The fraction of sp³-hybridized carbons (Fsp3) is 0.333. The van der Waals surface area contributed by atoms with Gasteiger partial charge in [-0.2, -0.15) is 0 Å². The van der Waals surface area contributed by atoms with E-state index in [4.69, 9.17) is 11.3 Å². The second-order valence-electron chi connectivity index (χ2n) is 3.20. The standard InChI is InChI=1S/C9H11BrN4O2/c10-5-1-2-6(7(11)3-5)9(16)8(15)4-13-14-12/h1-3,8-9,15-16H,4,11H2. The van der Waals surface area contributed by atoms with Gasteiger partial charge in [0.2, 0.25) is 0 Å². The molecule has 0 spiro atoms. The summed E-state index contributed by atoms with van der Waals surface area (Å²) in [6.45, 7) is -0.201. The number of nitrogens with zero attached hydrogens (tertiary/aromatic N) is 3. The molecular formula is C9H11BrN4O2. The molecule has 16 heavy (non-hydrogen) atoms. The van der Waals surface area contributed by atoms with Gasteiger partial charge in [-0.25, -0.2) is 0 Å². The van der Waals surface area contributed by atoms with Crippen molar-refractivity contribution in [2.45, 2.75) is 12.2 Å². The topological polar surface area (TPSA) is 115 Å². The number of azide groups is 1. The van der Waals surface area contributed by atoms with Crippen LogP contribution in [0.4, 0.5) is 5.69 Å². The first-order chi connectivity index (χ1) is 7.56. The Morgan fingerprint density at radius 3 is 2.75 bits per heavy atom. The lowest BCUT2D eigenvalue weighted by atomic mass is 10.0. The van der Waals surface area contributed by atoms with E-state index in [2.05, 4.69) is 26.0 Å². The number of hydrogen-bond donors (Lipinski definition) is 3. The summed E-state index contributed by atoms with van der Waals surface area (Å²) in [7, 11) is 0. The van der Waals surface area contributed by atoms with Crippen LogP contribution in [0.25, 0.3) is 10.4 Å². The van der Waals surface area contributed by atoms with Gasteiger partial charge in [0.05, 0.1) is 12.6 Å². The summed E-state index contributed by atoms with van der Waals surface area (Å²) in [5, 5.41) is 22.5. The number of aliphatic hydroxyl groups excluding tert-OH is 2. The molecule has 1 aromatic rings. The summed E-state index contributed by atoms with van der Waals surface area (Å²) < 4.78 is 0.783. The van der Waals surface area contributed by atoms with Crippen LogP contribution in [-0.4, -0.2) is 22.9 Å². The molecule has 0 radical (unpaired) electrons. The Bertz CT molecular complexity index is 420. The van der Waals surface area contributed by atoms with Gasteiger partial charge in [-0.15, -0.1) is 0 Å². The lowest BCUT2D eigenvalue weighted by Gasteiger charge is -2.18. The summed E-state index contributed by atoms with van der Waals surface area (Å²) in [5.41, 5.74) is 14.5. The van der Waals surface area contributed by atoms with Crippen molar-refractivity contribution in [3.63, 3.8) is 0 Å². The number of nitrogen functional groups attached to an aromatic ring is 1. The van der Waals surface area contributed by atoms with Crippen LogP contribution in [0, 0.1) is 0 Å². The van der Waals surface area contributed by atoms with Crippen LogP contribution >= 0.6 is 15.9 Å². The highest BCUT2D eigenvalue weighted by Crippen LogP contribution is 2.26. The van der Waals surface area contributed by atoms with Crippen molar-refractivity contribution in [2.75, 3.05) is 12.3 Å². The summed E-state index contributed by atoms with van der Waals surface area (Å²) in [6, 6.07) is 4.93. The van der Waals surface area contributed by atoms with Crippen LogP contribution in [0.3, 0.4) is 0 Å². The van der Waals surface area contributed by atoms with Crippen LogP contribution in [0.2, 0.25) is 0 Å². The fourth-order valence-corrected chi connectivity index (χ4v) is 1.62.